The van der Waals surface area contributed by atoms with Crippen LogP contribution in [0.3, 0.4) is 0 Å². The van der Waals surface area contributed by atoms with Gasteiger partial charge in [0, 0.05) is 37.3 Å². The second kappa shape index (κ2) is 15.3. The summed E-state index contributed by atoms with van der Waals surface area (Å²) in [5.74, 6) is 0.725. The molecule has 11 heteroatoms. The number of nitrogens with one attached hydrogen (secondary N) is 2. The molecular formula is C34H41FN8O2. The van der Waals surface area contributed by atoms with E-state index in [9.17, 15) is 14.4 Å². The summed E-state index contributed by atoms with van der Waals surface area (Å²) in [4.78, 5) is 24.4. The van der Waals surface area contributed by atoms with Crippen LogP contribution in [0.4, 0.5) is 16.0 Å². The Labute approximate surface area is 264 Å². The number of hydrogen-bond acceptors (Lipinski definition) is 9. The molecule has 0 radical (unpaired) electrons. The van der Waals surface area contributed by atoms with Gasteiger partial charge < -0.3 is 20.7 Å². The van der Waals surface area contributed by atoms with Gasteiger partial charge in [0.25, 0.3) is 5.91 Å². The third kappa shape index (κ3) is 8.42. The SMILES string of the molecule is CC(C)(/C=C(\C#N)C(=O)N1CCCC1)N1CCCCC1.CNc1ncnc(N)c1C(=N)c1ccc(Oc2ccccc2)cc1F. The molecule has 45 heavy (non-hydrogen) atoms. The lowest BCUT2D eigenvalue weighted by Gasteiger charge is -2.39. The van der Waals surface area contributed by atoms with Gasteiger partial charge in [0.15, 0.2) is 0 Å². The second-order valence-corrected chi connectivity index (χ2v) is 11.5. The van der Waals surface area contributed by atoms with Crippen molar-refractivity contribution >= 4 is 23.3 Å². The Morgan fingerprint density at radius 3 is 2.33 bits per heavy atom. The highest BCUT2D eigenvalue weighted by atomic mass is 19.1. The molecule has 5 rings (SSSR count). The van der Waals surface area contributed by atoms with Crippen molar-refractivity contribution in [1.82, 2.24) is 19.8 Å². The van der Waals surface area contributed by atoms with Gasteiger partial charge in [0.2, 0.25) is 0 Å². The highest BCUT2D eigenvalue weighted by molar-refractivity contribution is 6.16. The van der Waals surface area contributed by atoms with Gasteiger partial charge in [-0.3, -0.25) is 15.1 Å². The number of nitrogens with two attached hydrogens (primary N) is 1. The number of piperidine rings is 1. The predicted octanol–water partition coefficient (Wildman–Crippen LogP) is 5.77. The zero-order valence-electron chi connectivity index (χ0n) is 26.1. The van der Waals surface area contributed by atoms with Crippen LogP contribution in [0.1, 0.15) is 57.1 Å². The number of ether oxygens (including phenoxy) is 1. The molecule has 4 N–H and O–H groups in total. The minimum Gasteiger partial charge on any atom is -0.457 e. The number of rotatable bonds is 8. The lowest BCUT2D eigenvalue weighted by molar-refractivity contribution is -0.125. The number of nitriles is 1. The summed E-state index contributed by atoms with van der Waals surface area (Å²) in [5, 5.41) is 20.5. The molecule has 2 aliphatic rings. The number of halogens is 1. The van der Waals surface area contributed by atoms with E-state index in [2.05, 4.69) is 40.1 Å². The Bertz CT molecular complexity index is 1560. The lowest BCUT2D eigenvalue weighted by atomic mass is 9.95. The molecule has 0 atom stereocenters. The molecule has 2 saturated heterocycles. The van der Waals surface area contributed by atoms with Gasteiger partial charge in [-0.05, 0) is 83.0 Å². The number of para-hydroxylation sites is 1. The lowest BCUT2D eigenvalue weighted by Crippen LogP contribution is -2.46. The maximum absolute atomic E-state index is 14.5. The first-order valence-corrected chi connectivity index (χ1v) is 15.2. The molecule has 2 aromatic carbocycles. The van der Waals surface area contributed by atoms with Crippen molar-refractivity contribution in [2.45, 2.75) is 51.5 Å². The summed E-state index contributed by atoms with van der Waals surface area (Å²) >= 11 is 0. The summed E-state index contributed by atoms with van der Waals surface area (Å²) < 4.78 is 20.1. The molecule has 0 unspecified atom stereocenters. The van der Waals surface area contributed by atoms with E-state index in [1.54, 1.807) is 30.1 Å². The maximum atomic E-state index is 14.5. The number of nitrogens with zero attached hydrogens (tertiary/aromatic N) is 5. The zero-order chi connectivity index (χ0) is 32.4. The normalized spacial score (nSPS) is 15.4. The molecular weight excluding hydrogens is 571 g/mol. The molecule has 236 valence electrons. The predicted molar refractivity (Wildman–Crippen MR) is 174 cm³/mol. The van der Waals surface area contributed by atoms with Crippen molar-refractivity contribution in [2.24, 2.45) is 0 Å². The van der Waals surface area contributed by atoms with Gasteiger partial charge in [0.1, 0.15) is 46.9 Å². The van der Waals surface area contributed by atoms with E-state index in [1.807, 2.05) is 24.3 Å². The van der Waals surface area contributed by atoms with Crippen LogP contribution in [0.5, 0.6) is 11.5 Å². The number of anilines is 2. The second-order valence-electron chi connectivity index (χ2n) is 11.5. The number of aromatic nitrogens is 2. The van der Waals surface area contributed by atoms with E-state index >= 15 is 0 Å². The van der Waals surface area contributed by atoms with Crippen molar-refractivity contribution < 1.29 is 13.9 Å². The molecule has 0 aliphatic carbocycles. The monoisotopic (exact) mass is 612 g/mol. The van der Waals surface area contributed by atoms with E-state index in [-0.39, 0.29) is 34.1 Å². The molecule has 3 heterocycles. The van der Waals surface area contributed by atoms with Crippen molar-refractivity contribution in [3.05, 3.63) is 83.5 Å². The standard InChI is InChI=1S/C18H16FN5O.C16H25N3O/c1-22-18-15(17(21)23-10-24-18)16(20)13-8-7-12(9-14(13)19)25-11-5-3-2-4-6-11;1-16(2,19-10-4-3-5-11-19)12-14(13-17)15(20)18-8-6-7-9-18/h2-10,20H,1H3,(H3,21,22,23,24);12H,3-11H2,1-2H3/b;14-12+. The van der Waals surface area contributed by atoms with Crippen LogP contribution in [0.25, 0.3) is 0 Å². The number of carbonyl (C=O) groups excluding carboxylic acids is 1. The average molecular weight is 613 g/mol. The van der Waals surface area contributed by atoms with Gasteiger partial charge in [-0.1, -0.05) is 24.6 Å². The van der Waals surface area contributed by atoms with Gasteiger partial charge in [-0.2, -0.15) is 5.26 Å². The Morgan fingerprint density at radius 2 is 1.71 bits per heavy atom. The number of carbonyl (C=O) groups is 1. The van der Waals surface area contributed by atoms with Crippen molar-refractivity contribution in [1.29, 1.82) is 10.7 Å². The van der Waals surface area contributed by atoms with E-state index in [4.69, 9.17) is 15.9 Å². The van der Waals surface area contributed by atoms with Crippen molar-refractivity contribution in [2.75, 3.05) is 44.3 Å². The summed E-state index contributed by atoms with van der Waals surface area (Å²) in [6, 6.07) is 15.5. The molecule has 0 spiro atoms. The number of hydrogen-bond donors (Lipinski definition) is 3. The summed E-state index contributed by atoms with van der Waals surface area (Å²) in [7, 11) is 1.64. The maximum Gasteiger partial charge on any atom is 0.264 e. The fourth-order valence-corrected chi connectivity index (χ4v) is 5.50. The van der Waals surface area contributed by atoms with Crippen LogP contribution in [-0.4, -0.2) is 70.2 Å². The summed E-state index contributed by atoms with van der Waals surface area (Å²) in [6.45, 7) is 7.91. The Kier molecular flexibility index (Phi) is 11.2. The number of amides is 1. The average Bonchev–Trinajstić information content (AvgIpc) is 3.59. The molecule has 1 amide bonds. The van der Waals surface area contributed by atoms with Gasteiger partial charge in [-0.25, -0.2) is 14.4 Å². The highest BCUT2D eigenvalue weighted by Gasteiger charge is 2.29. The molecule has 3 aromatic rings. The first kappa shape index (κ1) is 33.1. The topological polar surface area (TPSA) is 144 Å². The van der Waals surface area contributed by atoms with E-state index in [0.29, 0.717) is 22.9 Å². The van der Waals surface area contributed by atoms with Crippen LogP contribution in [0, 0.1) is 22.6 Å². The quantitative estimate of drug-likeness (QED) is 0.165. The Hall–Kier alpha value is -4.82. The van der Waals surface area contributed by atoms with E-state index in [1.165, 1.54) is 37.7 Å². The molecule has 10 nitrogen and oxygen atoms in total. The minimum absolute atomic E-state index is 0.0819. The largest absolute Gasteiger partial charge is 0.457 e. The van der Waals surface area contributed by atoms with Gasteiger partial charge >= 0.3 is 0 Å². The van der Waals surface area contributed by atoms with Crippen LogP contribution >= 0.6 is 0 Å². The number of benzene rings is 2. The van der Waals surface area contributed by atoms with Gasteiger partial charge in [0.05, 0.1) is 11.3 Å². The van der Waals surface area contributed by atoms with E-state index in [0.717, 1.165) is 39.0 Å². The third-order valence-electron chi connectivity index (χ3n) is 7.96. The fourth-order valence-electron chi connectivity index (χ4n) is 5.50. The third-order valence-corrected chi connectivity index (χ3v) is 7.96. The Morgan fingerprint density at radius 1 is 1.04 bits per heavy atom. The molecule has 0 saturated carbocycles. The highest BCUT2D eigenvalue weighted by Crippen LogP contribution is 2.27. The van der Waals surface area contributed by atoms with Crippen LogP contribution in [0.15, 0.2) is 66.5 Å². The summed E-state index contributed by atoms with van der Waals surface area (Å²) in [6.07, 6.45) is 8.97. The Balaban J connectivity index is 0.000000210. The first-order valence-electron chi connectivity index (χ1n) is 15.2. The fraction of sp³-hybridized carbons (Fsp3) is 0.382. The van der Waals surface area contributed by atoms with Crippen molar-refractivity contribution in [3.8, 4) is 17.6 Å². The number of nitrogen functional groups attached to an aromatic ring is 1. The first-order chi connectivity index (χ1) is 21.6. The smallest absolute Gasteiger partial charge is 0.264 e. The van der Waals surface area contributed by atoms with E-state index < -0.39 is 5.82 Å². The van der Waals surface area contributed by atoms with Crippen LogP contribution in [0.2, 0.25) is 0 Å². The van der Waals surface area contributed by atoms with Crippen LogP contribution in [-0.2, 0) is 4.79 Å². The number of likely N-dealkylation sites (tertiary alicyclic amines) is 2. The van der Waals surface area contributed by atoms with Crippen molar-refractivity contribution in [3.63, 3.8) is 0 Å². The molecule has 0 bridgehead atoms. The van der Waals surface area contributed by atoms with Gasteiger partial charge in [-0.15, -0.1) is 0 Å². The molecule has 2 fully saturated rings. The summed E-state index contributed by atoms with van der Waals surface area (Å²) in [5.41, 5.74) is 6.15. The minimum atomic E-state index is -0.594. The molecule has 1 aromatic heterocycles. The zero-order valence-corrected chi connectivity index (χ0v) is 26.1. The van der Waals surface area contributed by atoms with Crippen LogP contribution < -0.4 is 15.8 Å². The molecule has 2 aliphatic heterocycles.